The first-order valence-electron chi connectivity index (χ1n) is 6.53. The molecule has 19 heavy (non-hydrogen) atoms. The van der Waals surface area contributed by atoms with Crippen molar-refractivity contribution < 1.29 is 14.6 Å². The summed E-state index contributed by atoms with van der Waals surface area (Å²) in [5.41, 5.74) is 4.28. The number of benzene rings is 1. The molecule has 0 aromatic heterocycles. The first-order chi connectivity index (χ1) is 8.94. The largest absolute Gasteiger partial charge is 0.481 e. The van der Waals surface area contributed by atoms with Crippen molar-refractivity contribution in [1.82, 2.24) is 5.32 Å². The van der Waals surface area contributed by atoms with E-state index in [1.807, 2.05) is 0 Å². The predicted molar refractivity (Wildman–Crippen MR) is 73.2 cm³/mol. The first kappa shape index (κ1) is 14.0. The van der Waals surface area contributed by atoms with Gasteiger partial charge >= 0.3 is 5.97 Å². The smallest absolute Gasteiger partial charge is 0.315 e. The first-order valence-corrected chi connectivity index (χ1v) is 6.53. The fourth-order valence-electron chi connectivity index (χ4n) is 2.57. The molecule has 1 aromatic carbocycles. The van der Waals surface area contributed by atoms with Gasteiger partial charge in [0, 0.05) is 13.1 Å². The number of hydrogen-bond acceptors (Lipinski definition) is 3. The van der Waals surface area contributed by atoms with Gasteiger partial charge in [0.1, 0.15) is 5.41 Å². The van der Waals surface area contributed by atoms with Crippen molar-refractivity contribution in [3.8, 4) is 0 Å². The molecule has 4 nitrogen and oxygen atoms in total. The predicted octanol–water partition coefficient (Wildman–Crippen LogP) is 1.80. The summed E-state index contributed by atoms with van der Waals surface area (Å²) in [6.07, 6.45) is 0. The molecular formula is C15H21NO3. The lowest BCUT2D eigenvalue weighted by molar-refractivity contribution is -0.178. The maximum absolute atomic E-state index is 11.2. The number of ether oxygens (including phenoxy) is 1. The molecule has 0 amide bonds. The topological polar surface area (TPSA) is 58.6 Å². The molecular weight excluding hydrogens is 242 g/mol. The van der Waals surface area contributed by atoms with Crippen molar-refractivity contribution in [2.45, 2.75) is 27.3 Å². The van der Waals surface area contributed by atoms with Crippen LogP contribution in [0.4, 0.5) is 0 Å². The number of nitrogens with one attached hydrogen (secondary N) is 1. The van der Waals surface area contributed by atoms with Gasteiger partial charge in [0.05, 0.1) is 13.2 Å². The number of aliphatic carboxylic acids is 1. The molecule has 0 atom stereocenters. The van der Waals surface area contributed by atoms with Gasteiger partial charge in [-0.05, 0) is 37.5 Å². The molecule has 1 aromatic rings. The van der Waals surface area contributed by atoms with Crippen LogP contribution >= 0.6 is 0 Å². The summed E-state index contributed by atoms with van der Waals surface area (Å²) in [6, 6.07) is 4.31. The van der Waals surface area contributed by atoms with Crippen LogP contribution < -0.4 is 5.32 Å². The summed E-state index contributed by atoms with van der Waals surface area (Å²) in [7, 11) is 0. The fourth-order valence-corrected chi connectivity index (χ4v) is 2.57. The highest BCUT2D eigenvalue weighted by atomic mass is 16.5. The normalized spacial score (nSPS) is 17.0. The van der Waals surface area contributed by atoms with E-state index in [2.05, 4.69) is 38.2 Å². The van der Waals surface area contributed by atoms with E-state index < -0.39 is 11.4 Å². The second kappa shape index (κ2) is 5.31. The van der Waals surface area contributed by atoms with Crippen LogP contribution in [0.2, 0.25) is 0 Å². The van der Waals surface area contributed by atoms with E-state index in [-0.39, 0.29) is 0 Å². The number of rotatable bonds is 5. The minimum Gasteiger partial charge on any atom is -0.481 e. The average molecular weight is 263 g/mol. The van der Waals surface area contributed by atoms with Gasteiger partial charge in [0.2, 0.25) is 0 Å². The van der Waals surface area contributed by atoms with Crippen LogP contribution in [0.25, 0.3) is 0 Å². The molecule has 4 heteroatoms. The van der Waals surface area contributed by atoms with Crippen molar-refractivity contribution in [2.24, 2.45) is 5.41 Å². The Balaban J connectivity index is 1.98. The molecule has 0 spiro atoms. The van der Waals surface area contributed by atoms with Crippen molar-refractivity contribution in [3.63, 3.8) is 0 Å². The zero-order valence-corrected chi connectivity index (χ0v) is 11.7. The van der Waals surface area contributed by atoms with Gasteiger partial charge in [-0.2, -0.15) is 0 Å². The number of hydrogen-bond donors (Lipinski definition) is 2. The van der Waals surface area contributed by atoms with Crippen molar-refractivity contribution in [1.29, 1.82) is 0 Å². The van der Waals surface area contributed by atoms with Crippen LogP contribution in [-0.4, -0.2) is 30.8 Å². The standard InChI is InChI=1S/C15H21NO3/c1-10-4-11(2)13(12(3)5-10)6-16-7-15(14(17)18)8-19-9-15/h4-5,16H,6-9H2,1-3H3,(H,17,18). The summed E-state index contributed by atoms with van der Waals surface area (Å²) in [4.78, 5) is 11.2. The molecule has 1 aliphatic rings. The SMILES string of the molecule is Cc1cc(C)c(CNCC2(C(=O)O)COC2)c(C)c1. The lowest BCUT2D eigenvalue weighted by Gasteiger charge is -2.37. The lowest BCUT2D eigenvalue weighted by atomic mass is 9.86. The van der Waals surface area contributed by atoms with Crippen LogP contribution in [0, 0.1) is 26.2 Å². The third-order valence-electron chi connectivity index (χ3n) is 3.82. The van der Waals surface area contributed by atoms with Gasteiger partial charge in [0.25, 0.3) is 0 Å². The molecule has 1 heterocycles. The number of carbonyl (C=O) groups is 1. The fraction of sp³-hybridized carbons (Fsp3) is 0.533. The Hall–Kier alpha value is -1.39. The summed E-state index contributed by atoms with van der Waals surface area (Å²) in [5, 5.41) is 12.5. The molecule has 0 saturated carbocycles. The van der Waals surface area contributed by atoms with Crippen LogP contribution in [0.3, 0.4) is 0 Å². The van der Waals surface area contributed by atoms with E-state index in [0.717, 1.165) is 0 Å². The van der Waals surface area contributed by atoms with Crippen LogP contribution in [-0.2, 0) is 16.1 Å². The van der Waals surface area contributed by atoms with Gasteiger partial charge < -0.3 is 15.2 Å². The van der Waals surface area contributed by atoms with E-state index in [0.29, 0.717) is 26.3 Å². The maximum atomic E-state index is 11.2. The Bertz CT molecular complexity index is 469. The van der Waals surface area contributed by atoms with Gasteiger partial charge in [-0.3, -0.25) is 4.79 Å². The zero-order chi connectivity index (χ0) is 14.0. The minimum absolute atomic E-state index is 0.307. The third-order valence-corrected chi connectivity index (χ3v) is 3.82. The van der Waals surface area contributed by atoms with Gasteiger partial charge in [0.15, 0.2) is 0 Å². The Labute approximate surface area is 113 Å². The van der Waals surface area contributed by atoms with E-state index in [1.165, 1.54) is 22.3 Å². The highest BCUT2D eigenvalue weighted by molar-refractivity contribution is 5.76. The molecule has 2 rings (SSSR count). The molecule has 104 valence electrons. The van der Waals surface area contributed by atoms with Gasteiger partial charge in [-0.1, -0.05) is 17.7 Å². The van der Waals surface area contributed by atoms with Gasteiger partial charge in [-0.25, -0.2) is 0 Å². The average Bonchev–Trinajstić information content (AvgIpc) is 2.23. The van der Waals surface area contributed by atoms with E-state index in [9.17, 15) is 9.90 Å². The summed E-state index contributed by atoms with van der Waals surface area (Å²) in [5.74, 6) is -0.774. The van der Waals surface area contributed by atoms with E-state index >= 15 is 0 Å². The Morgan fingerprint density at radius 3 is 2.32 bits per heavy atom. The molecule has 0 unspecified atom stereocenters. The zero-order valence-electron chi connectivity index (χ0n) is 11.7. The van der Waals surface area contributed by atoms with Crippen molar-refractivity contribution >= 4 is 5.97 Å². The quantitative estimate of drug-likeness (QED) is 0.850. The van der Waals surface area contributed by atoms with E-state index in [4.69, 9.17) is 4.74 Å². The number of aryl methyl sites for hydroxylation is 3. The Morgan fingerprint density at radius 1 is 1.32 bits per heavy atom. The molecule has 0 bridgehead atoms. The van der Waals surface area contributed by atoms with Crippen molar-refractivity contribution in [3.05, 3.63) is 34.4 Å². The summed E-state index contributed by atoms with van der Waals surface area (Å²) >= 11 is 0. The second-order valence-corrected chi connectivity index (χ2v) is 5.56. The van der Waals surface area contributed by atoms with Crippen LogP contribution in [0.1, 0.15) is 22.3 Å². The summed E-state index contributed by atoms with van der Waals surface area (Å²) < 4.78 is 5.04. The second-order valence-electron chi connectivity index (χ2n) is 5.56. The van der Waals surface area contributed by atoms with Crippen molar-refractivity contribution in [2.75, 3.05) is 19.8 Å². The van der Waals surface area contributed by atoms with Gasteiger partial charge in [-0.15, -0.1) is 0 Å². The maximum Gasteiger partial charge on any atom is 0.315 e. The Kier molecular flexibility index (Phi) is 3.92. The van der Waals surface area contributed by atoms with Crippen LogP contribution in [0.5, 0.6) is 0 Å². The summed E-state index contributed by atoms with van der Waals surface area (Å²) in [6.45, 7) is 8.04. The Morgan fingerprint density at radius 2 is 1.89 bits per heavy atom. The lowest BCUT2D eigenvalue weighted by Crippen LogP contribution is -2.55. The van der Waals surface area contributed by atoms with Crippen LogP contribution in [0.15, 0.2) is 12.1 Å². The number of carboxylic acids is 1. The molecule has 1 saturated heterocycles. The molecule has 1 fully saturated rings. The minimum atomic E-state index is -0.774. The highest BCUT2D eigenvalue weighted by Gasteiger charge is 2.45. The van der Waals surface area contributed by atoms with E-state index in [1.54, 1.807) is 0 Å². The monoisotopic (exact) mass is 263 g/mol. The molecule has 1 aliphatic heterocycles. The molecule has 0 radical (unpaired) electrons. The third kappa shape index (κ3) is 2.80. The number of carboxylic acid groups (broad SMARTS) is 1. The molecule has 0 aliphatic carbocycles. The molecule has 2 N–H and O–H groups in total. The highest BCUT2D eigenvalue weighted by Crippen LogP contribution is 2.27.